The van der Waals surface area contributed by atoms with E-state index in [-0.39, 0.29) is 39.6 Å². The first-order valence-electron chi connectivity index (χ1n) is 21.7. The van der Waals surface area contributed by atoms with Gasteiger partial charge in [-0.1, -0.05) is 111 Å². The Balaban J connectivity index is 1.29. The molecule has 0 saturated carbocycles. The first-order chi connectivity index (χ1) is 27.2. The Hall–Kier alpha value is -4.35. The molecule has 2 aliphatic carbocycles. The van der Waals surface area contributed by atoms with Crippen molar-refractivity contribution < 1.29 is 4.39 Å². The Morgan fingerprint density at radius 2 is 1.26 bits per heavy atom. The van der Waals surface area contributed by atoms with Gasteiger partial charge >= 0.3 is 0 Å². The summed E-state index contributed by atoms with van der Waals surface area (Å²) < 4.78 is 19.7. The maximum atomic E-state index is 17.0. The molecule has 6 aromatic rings. The van der Waals surface area contributed by atoms with Crippen molar-refractivity contribution >= 4 is 78.0 Å². The minimum absolute atomic E-state index is 0.0161. The van der Waals surface area contributed by atoms with Gasteiger partial charge in [-0.25, -0.2) is 4.39 Å². The van der Waals surface area contributed by atoms with Crippen LogP contribution in [0.1, 0.15) is 139 Å². The molecule has 0 saturated heterocycles. The molecule has 11 rings (SSSR count). The van der Waals surface area contributed by atoms with Crippen molar-refractivity contribution in [1.82, 2.24) is 0 Å². The summed E-state index contributed by atoms with van der Waals surface area (Å²) in [7, 11) is 0. The average Bonchev–Trinajstić information content (AvgIpc) is 3.52. The minimum Gasteiger partial charge on any atom is -0.311 e. The molecule has 294 valence electrons. The van der Waals surface area contributed by atoms with Crippen molar-refractivity contribution in [2.45, 2.75) is 136 Å². The summed E-state index contributed by atoms with van der Waals surface area (Å²) in [5.41, 5.74) is 20.4. The molecular weight excluding hydrogens is 726 g/mol. The molecule has 3 aliphatic heterocycles. The highest BCUT2D eigenvalue weighted by atomic mass is 32.1. The lowest BCUT2D eigenvalue weighted by atomic mass is 9.35. The Labute approximate surface area is 349 Å². The first kappa shape index (κ1) is 36.7. The second-order valence-electron chi connectivity index (χ2n) is 21.9. The fourth-order valence-corrected chi connectivity index (χ4v) is 13.3. The zero-order valence-electron chi connectivity index (χ0n) is 36.5. The van der Waals surface area contributed by atoms with Crippen LogP contribution in [-0.4, -0.2) is 6.71 Å². The molecule has 0 radical (unpaired) electrons. The minimum atomic E-state index is -0.191. The maximum Gasteiger partial charge on any atom is 0.264 e. The molecule has 5 heteroatoms. The van der Waals surface area contributed by atoms with E-state index in [2.05, 4.69) is 154 Å². The Morgan fingerprint density at radius 3 is 1.93 bits per heavy atom. The number of hydrogen-bond acceptors (Lipinski definition) is 3. The third-order valence-electron chi connectivity index (χ3n) is 15.6. The van der Waals surface area contributed by atoms with E-state index in [4.69, 9.17) is 0 Å². The van der Waals surface area contributed by atoms with Crippen molar-refractivity contribution in [2.75, 3.05) is 9.80 Å². The van der Waals surface area contributed by atoms with Crippen LogP contribution in [0.2, 0.25) is 0 Å². The third-order valence-corrected chi connectivity index (χ3v) is 16.8. The topological polar surface area (TPSA) is 6.48 Å². The normalized spacial score (nSPS) is 21.3. The van der Waals surface area contributed by atoms with Gasteiger partial charge in [-0.05, 0) is 147 Å². The number of benzene rings is 5. The molecule has 0 amide bonds. The molecule has 5 aromatic carbocycles. The molecular formula is C53H56BFN2S. The van der Waals surface area contributed by atoms with Crippen LogP contribution in [0.25, 0.3) is 10.1 Å². The molecule has 4 heterocycles. The van der Waals surface area contributed by atoms with E-state index < -0.39 is 0 Å². The third kappa shape index (κ3) is 4.66. The van der Waals surface area contributed by atoms with Crippen LogP contribution in [0, 0.1) is 19.7 Å². The SMILES string of the molecule is Cc1ccc2sc3c(c2c1)N(c1ccc(C(C)(C)C)cc1C)c1cc(F)cc2c1B3c1ccc3c4c1N2c1cc2c(cc1C4(C)CCC3(C)C)C(C)(C)CCC2(C)C. The van der Waals surface area contributed by atoms with Crippen LogP contribution in [-0.2, 0) is 27.1 Å². The van der Waals surface area contributed by atoms with E-state index in [9.17, 15) is 0 Å². The monoisotopic (exact) mass is 782 g/mol. The fourth-order valence-electron chi connectivity index (χ4n) is 12.0. The van der Waals surface area contributed by atoms with Crippen molar-refractivity contribution in [2.24, 2.45) is 0 Å². The number of halogens is 1. The molecule has 2 nitrogen and oxygen atoms in total. The lowest BCUT2D eigenvalue weighted by molar-refractivity contribution is 0.327. The van der Waals surface area contributed by atoms with Crippen molar-refractivity contribution in [3.05, 3.63) is 123 Å². The summed E-state index contributed by atoms with van der Waals surface area (Å²) in [4.78, 5) is 4.99. The molecule has 5 aliphatic rings. The quantitative estimate of drug-likeness (QED) is 0.153. The number of hydrogen-bond donors (Lipinski definition) is 0. The van der Waals surface area contributed by atoms with Gasteiger partial charge in [0.25, 0.3) is 6.71 Å². The van der Waals surface area contributed by atoms with Crippen LogP contribution in [0.4, 0.5) is 38.5 Å². The lowest BCUT2D eigenvalue weighted by Crippen LogP contribution is -2.62. The second kappa shape index (κ2) is 11.3. The molecule has 0 fully saturated rings. The highest BCUT2D eigenvalue weighted by Crippen LogP contribution is 2.63. The Kier molecular flexibility index (Phi) is 7.13. The predicted molar refractivity (Wildman–Crippen MR) is 248 cm³/mol. The van der Waals surface area contributed by atoms with E-state index in [1.54, 1.807) is 0 Å². The van der Waals surface area contributed by atoms with E-state index in [1.165, 1.54) is 93.8 Å². The number of nitrogens with zero attached hydrogens (tertiary/aromatic N) is 2. The van der Waals surface area contributed by atoms with E-state index in [0.717, 1.165) is 36.3 Å². The van der Waals surface area contributed by atoms with Crippen LogP contribution < -0.4 is 25.5 Å². The Bertz CT molecular complexity index is 2830. The molecule has 0 N–H and O–H groups in total. The van der Waals surface area contributed by atoms with Gasteiger partial charge in [-0.3, -0.25) is 0 Å². The van der Waals surface area contributed by atoms with Gasteiger partial charge in [0.15, 0.2) is 0 Å². The molecule has 0 bridgehead atoms. The number of aryl methyl sites for hydroxylation is 2. The van der Waals surface area contributed by atoms with E-state index >= 15 is 4.39 Å². The fraction of sp³-hybridized carbons (Fsp3) is 0.396. The van der Waals surface area contributed by atoms with Crippen molar-refractivity contribution in [1.29, 1.82) is 0 Å². The standard InChI is InChI=1S/C53H56BFN2S/c1-29-13-18-43-33(23-29)46-48(58-43)54-38-16-15-34-44-47(38)57(42-26-32(55)25-41(45(42)54)56(46)39-17-14-31(24-30(39)2)49(3,4)5)40-28-36-35(51(8,9)19-20-52(36,10)11)27-37(40)53(44,12)22-21-50(34,6)7/h13-18,23-28H,19-22H2,1-12H3. The summed E-state index contributed by atoms with van der Waals surface area (Å²) >= 11 is 1.93. The highest BCUT2D eigenvalue weighted by molar-refractivity contribution is 7.33. The van der Waals surface area contributed by atoms with Crippen LogP contribution in [0.5, 0.6) is 0 Å². The summed E-state index contributed by atoms with van der Waals surface area (Å²) in [5.74, 6) is -0.191. The highest BCUT2D eigenvalue weighted by Gasteiger charge is 2.55. The van der Waals surface area contributed by atoms with Crippen LogP contribution in [0.15, 0.2) is 72.8 Å². The van der Waals surface area contributed by atoms with Crippen molar-refractivity contribution in [3.63, 3.8) is 0 Å². The largest absolute Gasteiger partial charge is 0.311 e. The summed E-state index contributed by atoms with van der Waals surface area (Å²) in [6, 6.07) is 27.7. The van der Waals surface area contributed by atoms with E-state index in [0.29, 0.717) is 0 Å². The number of fused-ring (bicyclic) bond motifs is 10. The van der Waals surface area contributed by atoms with Gasteiger partial charge in [0.1, 0.15) is 5.82 Å². The summed E-state index contributed by atoms with van der Waals surface area (Å²) in [6.45, 7) is 28.4. The molecule has 1 atom stereocenters. The number of rotatable bonds is 1. The zero-order chi connectivity index (χ0) is 40.8. The van der Waals surface area contributed by atoms with Gasteiger partial charge < -0.3 is 9.80 Å². The summed E-state index contributed by atoms with van der Waals surface area (Å²) in [6.07, 6.45) is 4.54. The van der Waals surface area contributed by atoms with Gasteiger partial charge in [0.05, 0.1) is 11.4 Å². The van der Waals surface area contributed by atoms with Gasteiger partial charge in [-0.15, -0.1) is 11.3 Å². The van der Waals surface area contributed by atoms with Crippen LogP contribution in [0.3, 0.4) is 0 Å². The van der Waals surface area contributed by atoms with Crippen molar-refractivity contribution in [3.8, 4) is 0 Å². The number of anilines is 6. The van der Waals surface area contributed by atoms with Crippen LogP contribution >= 0.6 is 11.3 Å². The average molecular weight is 783 g/mol. The van der Waals surface area contributed by atoms with Gasteiger partial charge in [-0.2, -0.15) is 0 Å². The molecule has 58 heavy (non-hydrogen) atoms. The smallest absolute Gasteiger partial charge is 0.264 e. The predicted octanol–water partition coefficient (Wildman–Crippen LogP) is 13.1. The molecule has 1 unspecified atom stereocenters. The van der Waals surface area contributed by atoms with Gasteiger partial charge in [0, 0.05) is 43.0 Å². The zero-order valence-corrected chi connectivity index (χ0v) is 37.3. The maximum absolute atomic E-state index is 17.0. The summed E-state index contributed by atoms with van der Waals surface area (Å²) in [5, 5.41) is 1.25. The molecule has 1 aromatic heterocycles. The Morgan fingerprint density at radius 1 is 0.621 bits per heavy atom. The number of thiophene rings is 1. The second-order valence-corrected chi connectivity index (χ2v) is 22.9. The van der Waals surface area contributed by atoms with E-state index in [1.807, 2.05) is 23.5 Å². The lowest BCUT2D eigenvalue weighted by Gasteiger charge is -2.55. The molecule has 0 spiro atoms. The van der Waals surface area contributed by atoms with Gasteiger partial charge in [0.2, 0.25) is 0 Å². The first-order valence-corrected chi connectivity index (χ1v) is 22.5.